The Morgan fingerprint density at radius 2 is 1.81 bits per heavy atom. The van der Waals surface area contributed by atoms with Crippen LogP contribution in [-0.4, -0.2) is 13.4 Å². The van der Waals surface area contributed by atoms with Crippen molar-refractivity contribution >= 4 is 43.0 Å². The second-order valence-electron chi connectivity index (χ2n) is 5.77. The standard InChI is InChI=1S/C20H11ClN2O2S2/c21-15-4-1-3-14(11-15)18-17-5-2-10-23-19(17)26-20(18)27(24,25)16-8-6-13(12-22)7-9-16/h1-11H. The highest BCUT2D eigenvalue weighted by molar-refractivity contribution is 7.93. The first-order chi connectivity index (χ1) is 13.0. The number of hydrogen-bond donors (Lipinski definition) is 0. The molecule has 0 bridgehead atoms. The number of fused-ring (bicyclic) bond motifs is 1. The third-order valence-corrected chi connectivity index (χ3v) is 7.72. The molecule has 0 spiro atoms. The first kappa shape index (κ1) is 17.7. The van der Waals surface area contributed by atoms with Crippen LogP contribution in [0.5, 0.6) is 0 Å². The van der Waals surface area contributed by atoms with E-state index < -0.39 is 9.84 Å². The number of thiophene rings is 1. The largest absolute Gasteiger partial charge is 0.245 e. The second kappa shape index (κ2) is 6.78. The van der Waals surface area contributed by atoms with Crippen molar-refractivity contribution in [3.8, 4) is 17.2 Å². The summed E-state index contributed by atoms with van der Waals surface area (Å²) in [6.07, 6.45) is 1.64. The van der Waals surface area contributed by atoms with E-state index in [2.05, 4.69) is 4.98 Å². The van der Waals surface area contributed by atoms with Gasteiger partial charge in [-0.3, -0.25) is 0 Å². The van der Waals surface area contributed by atoms with E-state index in [0.29, 0.717) is 26.5 Å². The van der Waals surface area contributed by atoms with Gasteiger partial charge in [0.2, 0.25) is 9.84 Å². The zero-order valence-corrected chi connectivity index (χ0v) is 16.1. The van der Waals surface area contributed by atoms with E-state index in [9.17, 15) is 8.42 Å². The number of nitrogens with zero attached hydrogens (tertiary/aromatic N) is 2. The molecule has 4 rings (SSSR count). The van der Waals surface area contributed by atoms with Crippen LogP contribution in [0.15, 0.2) is 76.0 Å². The quantitative estimate of drug-likeness (QED) is 0.458. The Morgan fingerprint density at radius 3 is 2.52 bits per heavy atom. The maximum atomic E-state index is 13.3. The average molecular weight is 411 g/mol. The highest BCUT2D eigenvalue weighted by Crippen LogP contribution is 2.43. The highest BCUT2D eigenvalue weighted by atomic mass is 35.5. The molecule has 0 fully saturated rings. The van der Waals surface area contributed by atoms with Crippen LogP contribution in [-0.2, 0) is 9.84 Å². The van der Waals surface area contributed by atoms with Crippen molar-refractivity contribution in [2.75, 3.05) is 0 Å². The van der Waals surface area contributed by atoms with Gasteiger partial charge in [0.1, 0.15) is 9.04 Å². The van der Waals surface area contributed by atoms with Gasteiger partial charge < -0.3 is 0 Å². The van der Waals surface area contributed by atoms with Crippen molar-refractivity contribution in [2.24, 2.45) is 0 Å². The average Bonchev–Trinajstić information content (AvgIpc) is 3.08. The molecule has 2 aromatic heterocycles. The Hall–Kier alpha value is -2.72. The molecule has 2 aromatic carbocycles. The summed E-state index contributed by atoms with van der Waals surface area (Å²) in [5.74, 6) is 0. The van der Waals surface area contributed by atoms with Crippen LogP contribution < -0.4 is 0 Å². The summed E-state index contributed by atoms with van der Waals surface area (Å²) < 4.78 is 26.9. The van der Waals surface area contributed by atoms with Gasteiger partial charge >= 0.3 is 0 Å². The molecule has 0 aliphatic carbocycles. The Labute approximate surface area is 165 Å². The molecule has 0 amide bonds. The molecular formula is C20H11ClN2O2S2. The van der Waals surface area contributed by atoms with Crippen molar-refractivity contribution in [3.05, 3.63) is 77.4 Å². The fraction of sp³-hybridized carbons (Fsp3) is 0. The summed E-state index contributed by atoms with van der Waals surface area (Å²) in [5, 5.41) is 10.2. The zero-order chi connectivity index (χ0) is 19.0. The van der Waals surface area contributed by atoms with Gasteiger partial charge in [-0.2, -0.15) is 5.26 Å². The van der Waals surface area contributed by atoms with Crippen LogP contribution >= 0.6 is 22.9 Å². The van der Waals surface area contributed by atoms with Crippen molar-refractivity contribution < 1.29 is 8.42 Å². The van der Waals surface area contributed by atoms with Gasteiger partial charge in [0, 0.05) is 22.2 Å². The molecular weight excluding hydrogens is 400 g/mol. The van der Waals surface area contributed by atoms with Crippen LogP contribution in [0.3, 0.4) is 0 Å². The van der Waals surface area contributed by atoms with Crippen LogP contribution in [0, 0.1) is 11.3 Å². The summed E-state index contributed by atoms with van der Waals surface area (Å²) in [4.78, 5) is 5.10. The Kier molecular flexibility index (Phi) is 4.44. The number of rotatable bonds is 3. The summed E-state index contributed by atoms with van der Waals surface area (Å²) in [5.41, 5.74) is 1.71. The van der Waals surface area contributed by atoms with Gasteiger partial charge in [-0.25, -0.2) is 13.4 Å². The molecule has 0 N–H and O–H groups in total. The van der Waals surface area contributed by atoms with Crippen LogP contribution in [0.25, 0.3) is 21.3 Å². The van der Waals surface area contributed by atoms with Crippen molar-refractivity contribution in [1.29, 1.82) is 5.26 Å². The SMILES string of the molecule is N#Cc1ccc(S(=O)(=O)c2sc3ncccc3c2-c2cccc(Cl)c2)cc1. The van der Waals surface area contributed by atoms with E-state index in [1.807, 2.05) is 18.2 Å². The highest BCUT2D eigenvalue weighted by Gasteiger charge is 2.27. The summed E-state index contributed by atoms with van der Waals surface area (Å²) in [6.45, 7) is 0. The lowest BCUT2D eigenvalue weighted by molar-refractivity contribution is 0.598. The third-order valence-electron chi connectivity index (χ3n) is 4.09. The monoisotopic (exact) mass is 410 g/mol. The minimum atomic E-state index is -3.79. The van der Waals surface area contributed by atoms with Gasteiger partial charge in [-0.05, 0) is 54.1 Å². The number of sulfone groups is 1. The van der Waals surface area contributed by atoms with E-state index in [-0.39, 0.29) is 9.10 Å². The normalized spacial score (nSPS) is 11.4. The first-order valence-corrected chi connectivity index (χ1v) is 10.6. The molecule has 0 atom stereocenters. The number of aromatic nitrogens is 1. The molecule has 0 unspecified atom stereocenters. The zero-order valence-electron chi connectivity index (χ0n) is 13.8. The van der Waals surface area contributed by atoms with Gasteiger partial charge in [0.25, 0.3) is 0 Å². The first-order valence-electron chi connectivity index (χ1n) is 7.89. The Balaban J connectivity index is 2.01. The fourth-order valence-corrected chi connectivity index (χ4v) is 6.09. The fourth-order valence-electron chi connectivity index (χ4n) is 2.83. The van der Waals surface area contributed by atoms with Crippen LogP contribution in [0.4, 0.5) is 0 Å². The maximum absolute atomic E-state index is 13.3. The lowest BCUT2D eigenvalue weighted by Crippen LogP contribution is -2.01. The number of benzene rings is 2. The van der Waals surface area contributed by atoms with Crippen molar-refractivity contribution in [2.45, 2.75) is 9.10 Å². The van der Waals surface area contributed by atoms with Crippen LogP contribution in [0.1, 0.15) is 5.56 Å². The van der Waals surface area contributed by atoms with E-state index >= 15 is 0 Å². The molecule has 0 aliphatic rings. The minimum Gasteiger partial charge on any atom is -0.245 e. The maximum Gasteiger partial charge on any atom is 0.216 e. The molecule has 0 aliphatic heterocycles. The molecule has 0 radical (unpaired) electrons. The molecule has 0 saturated carbocycles. The van der Waals surface area contributed by atoms with Crippen LogP contribution in [0.2, 0.25) is 5.02 Å². The molecule has 4 aromatic rings. The molecule has 7 heteroatoms. The molecule has 2 heterocycles. The van der Waals surface area contributed by atoms with E-state index in [1.54, 1.807) is 30.5 Å². The summed E-state index contributed by atoms with van der Waals surface area (Å²) in [6, 6.07) is 18.6. The van der Waals surface area contributed by atoms with Gasteiger partial charge in [0.15, 0.2) is 0 Å². The lowest BCUT2D eigenvalue weighted by atomic mass is 10.1. The predicted octanol–water partition coefficient (Wildman–Crippen LogP) is 5.32. The topological polar surface area (TPSA) is 70.8 Å². The number of nitriles is 1. The number of hydrogen-bond acceptors (Lipinski definition) is 5. The minimum absolute atomic E-state index is 0.135. The molecule has 0 saturated heterocycles. The Bertz CT molecular complexity index is 1300. The number of halogens is 1. The Morgan fingerprint density at radius 1 is 1.04 bits per heavy atom. The molecule has 4 nitrogen and oxygen atoms in total. The lowest BCUT2D eigenvalue weighted by Gasteiger charge is -2.07. The van der Waals surface area contributed by atoms with Gasteiger partial charge in [-0.1, -0.05) is 23.7 Å². The van der Waals surface area contributed by atoms with Gasteiger partial charge in [-0.15, -0.1) is 11.3 Å². The van der Waals surface area contributed by atoms with E-state index in [4.69, 9.17) is 16.9 Å². The number of pyridine rings is 1. The van der Waals surface area contributed by atoms with E-state index in [1.165, 1.54) is 24.3 Å². The molecule has 132 valence electrons. The summed E-state index contributed by atoms with van der Waals surface area (Å²) in [7, 11) is -3.79. The van der Waals surface area contributed by atoms with E-state index in [0.717, 1.165) is 16.7 Å². The van der Waals surface area contributed by atoms with Crippen molar-refractivity contribution in [1.82, 2.24) is 4.98 Å². The molecule has 27 heavy (non-hydrogen) atoms. The predicted molar refractivity (Wildman–Crippen MR) is 107 cm³/mol. The third kappa shape index (κ3) is 3.10. The van der Waals surface area contributed by atoms with Gasteiger partial charge in [0.05, 0.1) is 16.5 Å². The summed E-state index contributed by atoms with van der Waals surface area (Å²) >= 11 is 7.27. The van der Waals surface area contributed by atoms with Crippen molar-refractivity contribution in [3.63, 3.8) is 0 Å². The second-order valence-corrected chi connectivity index (χ2v) is 9.35. The smallest absolute Gasteiger partial charge is 0.216 e.